The van der Waals surface area contributed by atoms with Crippen LogP contribution in [0.15, 0.2) is 66.2 Å². The molecule has 2 aromatic heterocycles. The first kappa shape index (κ1) is 15.9. The van der Waals surface area contributed by atoms with Crippen LogP contribution in [0.4, 0.5) is 5.69 Å². The second-order valence-electron chi connectivity index (χ2n) is 5.02. The summed E-state index contributed by atoms with van der Waals surface area (Å²) < 4.78 is 0. The van der Waals surface area contributed by atoms with Crippen LogP contribution in [-0.2, 0) is 6.54 Å². The lowest BCUT2D eigenvalue weighted by atomic mass is 10.2. The van der Waals surface area contributed by atoms with Gasteiger partial charge in [-0.2, -0.15) is 0 Å². The van der Waals surface area contributed by atoms with Gasteiger partial charge in [-0.15, -0.1) is 11.3 Å². The lowest BCUT2D eigenvalue weighted by Gasteiger charge is -2.08. The summed E-state index contributed by atoms with van der Waals surface area (Å²) in [6, 6.07) is 16.0. The van der Waals surface area contributed by atoms with Gasteiger partial charge in [-0.1, -0.05) is 18.2 Å². The molecule has 1 aromatic carbocycles. The van der Waals surface area contributed by atoms with Gasteiger partial charge in [-0.3, -0.25) is 14.6 Å². The number of nitrogens with zero attached hydrogens (tertiary/aromatic N) is 1. The summed E-state index contributed by atoms with van der Waals surface area (Å²) in [7, 11) is 0. The molecule has 0 unspecified atom stereocenters. The van der Waals surface area contributed by atoms with Crippen LogP contribution in [0, 0.1) is 0 Å². The molecule has 0 aliphatic carbocycles. The molecule has 0 radical (unpaired) electrons. The fourth-order valence-corrected chi connectivity index (χ4v) is 2.73. The minimum absolute atomic E-state index is 0.184. The fraction of sp³-hybridized carbons (Fsp3) is 0.0556. The number of anilines is 1. The smallest absolute Gasteiger partial charge is 0.265 e. The summed E-state index contributed by atoms with van der Waals surface area (Å²) in [5, 5.41) is 7.45. The Morgan fingerprint density at radius 1 is 1.00 bits per heavy atom. The maximum atomic E-state index is 12.2. The second kappa shape index (κ2) is 7.52. The molecule has 6 heteroatoms. The van der Waals surface area contributed by atoms with Crippen molar-refractivity contribution >= 4 is 28.8 Å². The van der Waals surface area contributed by atoms with Gasteiger partial charge >= 0.3 is 0 Å². The lowest BCUT2D eigenvalue weighted by Crippen LogP contribution is -2.23. The van der Waals surface area contributed by atoms with Crippen LogP contribution in [0.2, 0.25) is 0 Å². The maximum Gasteiger partial charge on any atom is 0.265 e. The lowest BCUT2D eigenvalue weighted by molar-refractivity contribution is 0.0949. The number of thiophene rings is 1. The molecule has 2 heterocycles. The summed E-state index contributed by atoms with van der Waals surface area (Å²) in [6.45, 7) is 0.353. The maximum absolute atomic E-state index is 12.2. The predicted molar refractivity (Wildman–Crippen MR) is 94.1 cm³/mol. The zero-order valence-corrected chi connectivity index (χ0v) is 13.5. The van der Waals surface area contributed by atoms with Crippen molar-refractivity contribution in [3.63, 3.8) is 0 Å². The number of amides is 2. The van der Waals surface area contributed by atoms with Gasteiger partial charge in [0.25, 0.3) is 11.8 Å². The van der Waals surface area contributed by atoms with Crippen LogP contribution in [0.25, 0.3) is 0 Å². The highest BCUT2D eigenvalue weighted by atomic mass is 32.1. The number of hydrogen-bond donors (Lipinski definition) is 2. The van der Waals surface area contributed by atoms with E-state index in [9.17, 15) is 9.59 Å². The SMILES string of the molecule is O=C(NCc1ccccn1)c1cccc(NC(=O)c2cccs2)c1. The zero-order valence-electron chi connectivity index (χ0n) is 12.7. The van der Waals surface area contributed by atoms with Crippen molar-refractivity contribution in [3.8, 4) is 0 Å². The molecule has 0 aliphatic heterocycles. The highest BCUT2D eigenvalue weighted by molar-refractivity contribution is 7.12. The second-order valence-corrected chi connectivity index (χ2v) is 5.96. The number of aromatic nitrogens is 1. The van der Waals surface area contributed by atoms with E-state index < -0.39 is 0 Å². The highest BCUT2D eigenvalue weighted by Gasteiger charge is 2.10. The van der Waals surface area contributed by atoms with E-state index in [0.717, 1.165) is 5.69 Å². The largest absolute Gasteiger partial charge is 0.346 e. The molecule has 2 N–H and O–H groups in total. The van der Waals surface area contributed by atoms with E-state index >= 15 is 0 Å². The van der Waals surface area contributed by atoms with E-state index in [1.807, 2.05) is 29.6 Å². The summed E-state index contributed by atoms with van der Waals surface area (Å²) in [4.78, 5) is 29.1. The first-order valence-electron chi connectivity index (χ1n) is 7.35. The quantitative estimate of drug-likeness (QED) is 0.750. The predicted octanol–water partition coefficient (Wildman–Crippen LogP) is 3.33. The molecule has 0 atom stereocenters. The summed E-state index contributed by atoms with van der Waals surface area (Å²) in [5.74, 6) is -0.399. The first-order valence-corrected chi connectivity index (χ1v) is 8.23. The van der Waals surface area contributed by atoms with Crippen LogP contribution < -0.4 is 10.6 Å². The fourth-order valence-electron chi connectivity index (χ4n) is 2.11. The molecule has 120 valence electrons. The molecule has 0 saturated carbocycles. The van der Waals surface area contributed by atoms with E-state index in [-0.39, 0.29) is 11.8 Å². The van der Waals surface area contributed by atoms with Crippen molar-refractivity contribution in [2.24, 2.45) is 0 Å². The highest BCUT2D eigenvalue weighted by Crippen LogP contribution is 2.15. The van der Waals surface area contributed by atoms with Gasteiger partial charge in [0.2, 0.25) is 0 Å². The standard InChI is InChI=1S/C18H15N3O2S/c22-17(20-12-15-6-1-2-9-19-15)13-5-3-7-14(11-13)21-18(23)16-8-4-10-24-16/h1-11H,12H2,(H,20,22)(H,21,23). The third kappa shape index (κ3) is 4.05. The van der Waals surface area contributed by atoms with Crippen molar-refractivity contribution in [2.75, 3.05) is 5.32 Å². The van der Waals surface area contributed by atoms with Gasteiger partial charge in [0, 0.05) is 17.4 Å². The Bertz CT molecular complexity index is 832. The average Bonchev–Trinajstić information content (AvgIpc) is 3.15. The first-order chi connectivity index (χ1) is 11.7. The van der Waals surface area contributed by atoms with Gasteiger partial charge in [0.1, 0.15) is 0 Å². The Morgan fingerprint density at radius 2 is 1.92 bits per heavy atom. The van der Waals surface area contributed by atoms with E-state index in [1.165, 1.54) is 11.3 Å². The normalized spacial score (nSPS) is 10.2. The van der Waals surface area contributed by atoms with E-state index in [2.05, 4.69) is 15.6 Å². The minimum Gasteiger partial charge on any atom is -0.346 e. The molecular weight excluding hydrogens is 322 g/mol. The molecule has 0 saturated heterocycles. The number of nitrogens with one attached hydrogen (secondary N) is 2. The summed E-state index contributed by atoms with van der Waals surface area (Å²) in [6.07, 6.45) is 1.68. The molecule has 2 amide bonds. The van der Waals surface area contributed by atoms with E-state index in [4.69, 9.17) is 0 Å². The van der Waals surface area contributed by atoms with Crippen molar-refractivity contribution in [2.45, 2.75) is 6.54 Å². The Hall–Kier alpha value is -2.99. The Balaban J connectivity index is 1.64. The van der Waals surface area contributed by atoms with Gasteiger partial charge in [0.05, 0.1) is 17.1 Å². The molecule has 3 aromatic rings. The summed E-state index contributed by atoms with van der Waals surface area (Å²) >= 11 is 1.37. The third-order valence-corrected chi connectivity index (χ3v) is 4.15. The molecule has 0 spiro atoms. The number of carbonyl (C=O) groups is 2. The van der Waals surface area contributed by atoms with Gasteiger partial charge in [-0.25, -0.2) is 0 Å². The molecule has 0 fully saturated rings. The Morgan fingerprint density at radius 3 is 2.67 bits per heavy atom. The van der Waals surface area contributed by atoms with Crippen molar-refractivity contribution in [3.05, 3.63) is 82.3 Å². The van der Waals surface area contributed by atoms with Crippen molar-refractivity contribution < 1.29 is 9.59 Å². The Labute approximate surface area is 143 Å². The van der Waals surface area contributed by atoms with Gasteiger partial charge in [0.15, 0.2) is 0 Å². The summed E-state index contributed by atoms with van der Waals surface area (Å²) in [5.41, 5.74) is 1.85. The number of rotatable bonds is 5. The van der Waals surface area contributed by atoms with Crippen LogP contribution in [0.5, 0.6) is 0 Å². The van der Waals surface area contributed by atoms with Gasteiger partial charge < -0.3 is 10.6 Å². The molecule has 0 aliphatic rings. The Kier molecular flexibility index (Phi) is 4.98. The molecule has 0 bridgehead atoms. The third-order valence-electron chi connectivity index (χ3n) is 3.28. The zero-order chi connectivity index (χ0) is 16.8. The number of hydrogen-bond acceptors (Lipinski definition) is 4. The number of benzene rings is 1. The average molecular weight is 337 g/mol. The van der Waals surface area contributed by atoms with Crippen LogP contribution in [-0.4, -0.2) is 16.8 Å². The van der Waals surface area contributed by atoms with Crippen LogP contribution in [0.3, 0.4) is 0 Å². The van der Waals surface area contributed by atoms with Crippen molar-refractivity contribution in [1.82, 2.24) is 10.3 Å². The number of carbonyl (C=O) groups excluding carboxylic acids is 2. The van der Waals surface area contributed by atoms with Crippen molar-refractivity contribution in [1.29, 1.82) is 0 Å². The molecule has 5 nitrogen and oxygen atoms in total. The van der Waals surface area contributed by atoms with Crippen LogP contribution in [0.1, 0.15) is 25.7 Å². The van der Waals surface area contributed by atoms with E-state index in [0.29, 0.717) is 22.7 Å². The monoisotopic (exact) mass is 337 g/mol. The van der Waals surface area contributed by atoms with Crippen LogP contribution >= 0.6 is 11.3 Å². The number of pyridine rings is 1. The minimum atomic E-state index is -0.215. The molecular formula is C18H15N3O2S. The molecule has 3 rings (SSSR count). The molecule has 24 heavy (non-hydrogen) atoms. The van der Waals surface area contributed by atoms with E-state index in [1.54, 1.807) is 36.5 Å². The topological polar surface area (TPSA) is 71.1 Å². The van der Waals surface area contributed by atoms with Gasteiger partial charge in [-0.05, 0) is 41.8 Å².